The summed E-state index contributed by atoms with van der Waals surface area (Å²) >= 11 is 0. The SMILES string of the molecule is C=C(C)CNC(=NCC(=O)N(C)C)N1CCc2ccccc2C1. The quantitative estimate of drug-likeness (QED) is 0.522. The number of amides is 1. The van der Waals surface area contributed by atoms with Crippen LogP contribution < -0.4 is 5.32 Å². The molecule has 2 rings (SSSR count). The second-order valence-corrected chi connectivity index (χ2v) is 6.18. The lowest BCUT2D eigenvalue weighted by atomic mass is 10.0. The number of carbonyl (C=O) groups is 1. The number of guanidine groups is 1. The Bertz CT molecular complexity index is 607. The molecule has 0 atom stereocenters. The first-order chi connectivity index (χ1) is 11.0. The van der Waals surface area contributed by atoms with Crippen LogP contribution in [0.15, 0.2) is 41.4 Å². The molecular weight excluding hydrogens is 288 g/mol. The van der Waals surface area contributed by atoms with Crippen LogP contribution in [0.25, 0.3) is 0 Å². The summed E-state index contributed by atoms with van der Waals surface area (Å²) in [6.45, 7) is 8.42. The van der Waals surface area contributed by atoms with Crippen LogP contribution in [0, 0.1) is 0 Å². The zero-order valence-corrected chi connectivity index (χ0v) is 14.3. The number of nitrogens with one attached hydrogen (secondary N) is 1. The molecule has 0 saturated heterocycles. The van der Waals surface area contributed by atoms with Gasteiger partial charge in [0.05, 0.1) is 0 Å². The second kappa shape index (κ2) is 7.81. The third-order valence-electron chi connectivity index (χ3n) is 3.84. The predicted octanol–water partition coefficient (Wildman–Crippen LogP) is 1.65. The fraction of sp³-hybridized carbons (Fsp3) is 0.444. The van der Waals surface area contributed by atoms with Gasteiger partial charge in [-0.1, -0.05) is 36.4 Å². The minimum Gasteiger partial charge on any atom is -0.352 e. The van der Waals surface area contributed by atoms with E-state index in [-0.39, 0.29) is 12.5 Å². The van der Waals surface area contributed by atoms with E-state index in [1.807, 2.05) is 6.92 Å². The van der Waals surface area contributed by atoms with Crippen LogP contribution in [0.1, 0.15) is 18.1 Å². The van der Waals surface area contributed by atoms with Crippen molar-refractivity contribution in [3.8, 4) is 0 Å². The Kier molecular flexibility index (Phi) is 5.79. The molecular formula is C18H26N4O. The van der Waals surface area contributed by atoms with Crippen molar-refractivity contribution >= 4 is 11.9 Å². The topological polar surface area (TPSA) is 47.9 Å². The number of carbonyl (C=O) groups excluding carboxylic acids is 1. The lowest BCUT2D eigenvalue weighted by molar-refractivity contribution is -0.127. The monoisotopic (exact) mass is 314 g/mol. The molecule has 0 radical (unpaired) electrons. The molecule has 5 heteroatoms. The lowest BCUT2D eigenvalue weighted by Crippen LogP contribution is -2.45. The Morgan fingerprint density at radius 2 is 2.04 bits per heavy atom. The Morgan fingerprint density at radius 3 is 2.70 bits per heavy atom. The summed E-state index contributed by atoms with van der Waals surface area (Å²) in [5, 5.41) is 3.32. The summed E-state index contributed by atoms with van der Waals surface area (Å²) in [5.41, 5.74) is 3.75. The van der Waals surface area contributed by atoms with Gasteiger partial charge in [-0.3, -0.25) is 4.79 Å². The number of hydrogen-bond donors (Lipinski definition) is 1. The molecule has 1 heterocycles. The van der Waals surface area contributed by atoms with Crippen molar-refractivity contribution in [1.82, 2.24) is 15.1 Å². The highest BCUT2D eigenvalue weighted by atomic mass is 16.2. The number of fused-ring (bicyclic) bond motifs is 1. The Morgan fingerprint density at radius 1 is 1.35 bits per heavy atom. The maximum absolute atomic E-state index is 11.8. The molecule has 23 heavy (non-hydrogen) atoms. The third kappa shape index (κ3) is 4.84. The first-order valence-electron chi connectivity index (χ1n) is 7.92. The second-order valence-electron chi connectivity index (χ2n) is 6.18. The van der Waals surface area contributed by atoms with E-state index in [1.54, 1.807) is 19.0 Å². The normalized spacial score (nSPS) is 14.2. The maximum atomic E-state index is 11.8. The van der Waals surface area contributed by atoms with Crippen molar-refractivity contribution in [3.63, 3.8) is 0 Å². The molecule has 124 valence electrons. The van der Waals surface area contributed by atoms with Crippen LogP contribution in [-0.4, -0.2) is 55.4 Å². The van der Waals surface area contributed by atoms with Gasteiger partial charge in [-0.05, 0) is 24.5 Å². The summed E-state index contributed by atoms with van der Waals surface area (Å²) in [6, 6.07) is 8.48. The smallest absolute Gasteiger partial charge is 0.243 e. The Labute approximate surface area is 138 Å². The summed E-state index contributed by atoms with van der Waals surface area (Å²) in [4.78, 5) is 20.1. The summed E-state index contributed by atoms with van der Waals surface area (Å²) in [5.74, 6) is 0.773. The van der Waals surface area contributed by atoms with Gasteiger partial charge in [0.1, 0.15) is 6.54 Å². The van der Waals surface area contributed by atoms with E-state index in [0.717, 1.165) is 31.0 Å². The van der Waals surface area contributed by atoms with Crippen LogP contribution >= 0.6 is 0 Å². The van der Waals surface area contributed by atoms with Crippen LogP contribution in [0.5, 0.6) is 0 Å². The third-order valence-corrected chi connectivity index (χ3v) is 3.84. The fourth-order valence-electron chi connectivity index (χ4n) is 2.46. The van der Waals surface area contributed by atoms with Gasteiger partial charge in [0.15, 0.2) is 5.96 Å². The van der Waals surface area contributed by atoms with Crippen molar-refractivity contribution in [1.29, 1.82) is 0 Å². The average Bonchev–Trinajstić information content (AvgIpc) is 2.53. The van der Waals surface area contributed by atoms with Crippen LogP contribution in [0.2, 0.25) is 0 Å². The molecule has 0 fully saturated rings. The number of rotatable bonds is 4. The molecule has 0 aromatic heterocycles. The highest BCUT2D eigenvalue weighted by Crippen LogP contribution is 2.18. The van der Waals surface area contributed by atoms with Crippen molar-refractivity contribution in [2.24, 2.45) is 4.99 Å². The van der Waals surface area contributed by atoms with Crippen molar-refractivity contribution in [2.45, 2.75) is 19.9 Å². The molecule has 0 saturated carbocycles. The van der Waals surface area contributed by atoms with E-state index < -0.39 is 0 Å². The number of hydrogen-bond acceptors (Lipinski definition) is 2. The van der Waals surface area contributed by atoms with Crippen molar-refractivity contribution in [3.05, 3.63) is 47.5 Å². The highest BCUT2D eigenvalue weighted by Gasteiger charge is 2.19. The molecule has 0 unspecified atom stereocenters. The van der Waals surface area contributed by atoms with Gasteiger partial charge in [0.2, 0.25) is 5.91 Å². The van der Waals surface area contributed by atoms with E-state index in [2.05, 4.69) is 46.1 Å². The largest absolute Gasteiger partial charge is 0.352 e. The van der Waals surface area contributed by atoms with Gasteiger partial charge >= 0.3 is 0 Å². The number of aliphatic imine (C=N–C) groups is 1. The zero-order valence-electron chi connectivity index (χ0n) is 14.3. The minimum absolute atomic E-state index is 0.00275. The van der Waals surface area contributed by atoms with E-state index in [0.29, 0.717) is 6.54 Å². The predicted molar refractivity (Wildman–Crippen MR) is 94.4 cm³/mol. The summed E-state index contributed by atoms with van der Waals surface area (Å²) < 4.78 is 0. The molecule has 0 spiro atoms. The molecule has 1 aliphatic rings. The molecule has 1 aliphatic heterocycles. The van der Waals surface area contributed by atoms with Gasteiger partial charge < -0.3 is 15.1 Å². The molecule has 5 nitrogen and oxygen atoms in total. The molecule has 1 amide bonds. The molecule has 0 bridgehead atoms. The van der Waals surface area contributed by atoms with E-state index in [4.69, 9.17) is 0 Å². The average molecular weight is 314 g/mol. The van der Waals surface area contributed by atoms with E-state index in [1.165, 1.54) is 11.1 Å². The Hall–Kier alpha value is -2.30. The van der Waals surface area contributed by atoms with E-state index >= 15 is 0 Å². The minimum atomic E-state index is -0.00275. The van der Waals surface area contributed by atoms with Crippen molar-refractivity contribution in [2.75, 3.05) is 33.7 Å². The number of benzene rings is 1. The van der Waals surface area contributed by atoms with Crippen LogP contribution in [-0.2, 0) is 17.8 Å². The van der Waals surface area contributed by atoms with Gasteiger partial charge in [0, 0.05) is 33.7 Å². The zero-order chi connectivity index (χ0) is 16.8. The number of likely N-dealkylation sites (N-methyl/N-ethyl adjacent to an activating group) is 1. The Balaban J connectivity index is 2.12. The first-order valence-corrected chi connectivity index (χ1v) is 7.92. The van der Waals surface area contributed by atoms with Crippen LogP contribution in [0.4, 0.5) is 0 Å². The van der Waals surface area contributed by atoms with Gasteiger partial charge in [-0.2, -0.15) is 0 Å². The molecule has 1 aromatic rings. The molecule has 1 aromatic carbocycles. The van der Waals surface area contributed by atoms with E-state index in [9.17, 15) is 4.79 Å². The van der Waals surface area contributed by atoms with Crippen LogP contribution in [0.3, 0.4) is 0 Å². The van der Waals surface area contributed by atoms with Gasteiger partial charge in [-0.15, -0.1) is 0 Å². The highest BCUT2D eigenvalue weighted by molar-refractivity contribution is 5.85. The van der Waals surface area contributed by atoms with Crippen molar-refractivity contribution < 1.29 is 4.79 Å². The maximum Gasteiger partial charge on any atom is 0.243 e. The molecule has 0 aliphatic carbocycles. The lowest BCUT2D eigenvalue weighted by Gasteiger charge is -2.32. The van der Waals surface area contributed by atoms with Gasteiger partial charge in [0.25, 0.3) is 0 Å². The number of nitrogens with zero attached hydrogens (tertiary/aromatic N) is 3. The summed E-state index contributed by atoms with van der Waals surface area (Å²) in [6.07, 6.45) is 0.992. The standard InChI is InChI=1S/C18H26N4O/c1-14(2)11-19-18(20-12-17(23)21(3)4)22-10-9-15-7-5-6-8-16(15)13-22/h5-8H,1,9-13H2,2-4H3,(H,19,20). The molecule has 1 N–H and O–H groups in total. The first kappa shape index (κ1) is 17.1. The van der Waals surface area contributed by atoms with Gasteiger partial charge in [-0.25, -0.2) is 4.99 Å². The fourth-order valence-corrected chi connectivity index (χ4v) is 2.46. The summed E-state index contributed by atoms with van der Waals surface area (Å²) in [7, 11) is 3.49.